The maximum absolute atomic E-state index is 12.5. The van der Waals surface area contributed by atoms with Gasteiger partial charge < -0.3 is 4.98 Å². The van der Waals surface area contributed by atoms with Crippen LogP contribution in [0.5, 0.6) is 0 Å². The predicted octanol–water partition coefficient (Wildman–Crippen LogP) is 3.45. The minimum Gasteiger partial charge on any atom is -0.301 e. The topological polar surface area (TPSA) is 101 Å². The lowest BCUT2D eigenvalue weighted by molar-refractivity contribution is -0.115. The summed E-state index contributed by atoms with van der Waals surface area (Å²) >= 11 is 8.60. The first-order valence-electron chi connectivity index (χ1n) is 7.68. The van der Waals surface area contributed by atoms with E-state index in [1.807, 2.05) is 25.1 Å². The number of H-pyrrole nitrogens is 1. The molecule has 1 unspecified atom stereocenters. The number of carbonyl (C=O) groups excluding carboxylic acids is 1. The fourth-order valence-corrected chi connectivity index (χ4v) is 4.02. The fraction of sp³-hybridized carbons (Fsp3) is 0.188. The summed E-state index contributed by atoms with van der Waals surface area (Å²) in [5.74, 6) is -0.231. The summed E-state index contributed by atoms with van der Waals surface area (Å²) in [6, 6.07) is 8.63. The van der Waals surface area contributed by atoms with Crippen molar-refractivity contribution in [2.75, 3.05) is 5.32 Å². The van der Waals surface area contributed by atoms with Crippen molar-refractivity contribution in [3.63, 3.8) is 0 Å². The third-order valence-corrected chi connectivity index (χ3v) is 5.79. The van der Waals surface area contributed by atoms with Crippen LogP contribution in [-0.2, 0) is 4.79 Å². The number of benzene rings is 1. The number of halogens is 1. The fourth-order valence-electron chi connectivity index (χ4n) is 2.07. The van der Waals surface area contributed by atoms with Crippen LogP contribution in [0.25, 0.3) is 10.6 Å². The van der Waals surface area contributed by atoms with Crippen molar-refractivity contribution < 1.29 is 4.79 Å². The first-order chi connectivity index (χ1) is 12.6. The van der Waals surface area contributed by atoms with Crippen molar-refractivity contribution in [1.29, 1.82) is 0 Å². The van der Waals surface area contributed by atoms with Crippen molar-refractivity contribution >= 4 is 45.7 Å². The van der Waals surface area contributed by atoms with Gasteiger partial charge in [0, 0.05) is 17.8 Å². The Hall–Kier alpha value is -2.23. The minimum atomic E-state index is -0.423. The first-order valence-corrected chi connectivity index (χ1v) is 9.75. The van der Waals surface area contributed by atoms with Gasteiger partial charge in [-0.15, -0.1) is 10.2 Å². The third-order valence-electron chi connectivity index (χ3n) is 3.32. The molecular weight excluding hydrogens is 394 g/mol. The van der Waals surface area contributed by atoms with Crippen LogP contribution in [0.3, 0.4) is 0 Å². The maximum Gasteiger partial charge on any atom is 0.251 e. The highest BCUT2D eigenvalue weighted by atomic mass is 35.5. The van der Waals surface area contributed by atoms with Gasteiger partial charge in [-0.25, -0.2) is 4.98 Å². The van der Waals surface area contributed by atoms with Crippen LogP contribution in [0, 0.1) is 0 Å². The zero-order valence-electron chi connectivity index (χ0n) is 13.6. The van der Waals surface area contributed by atoms with Crippen LogP contribution < -0.4 is 10.9 Å². The van der Waals surface area contributed by atoms with E-state index in [1.54, 1.807) is 6.07 Å². The van der Waals surface area contributed by atoms with E-state index in [9.17, 15) is 9.59 Å². The summed E-state index contributed by atoms with van der Waals surface area (Å²) in [4.78, 5) is 30.5. The quantitative estimate of drug-likeness (QED) is 0.479. The van der Waals surface area contributed by atoms with E-state index in [2.05, 4.69) is 25.5 Å². The van der Waals surface area contributed by atoms with E-state index in [-0.39, 0.29) is 11.5 Å². The van der Waals surface area contributed by atoms with Gasteiger partial charge in [-0.1, -0.05) is 59.8 Å². The highest BCUT2D eigenvalue weighted by Gasteiger charge is 2.21. The van der Waals surface area contributed by atoms with E-state index in [0.717, 1.165) is 5.56 Å². The van der Waals surface area contributed by atoms with Crippen molar-refractivity contribution in [2.24, 2.45) is 0 Å². The second kappa shape index (κ2) is 8.43. The zero-order valence-corrected chi connectivity index (χ0v) is 16.0. The van der Waals surface area contributed by atoms with Gasteiger partial charge >= 0.3 is 0 Å². The maximum atomic E-state index is 12.5. The molecule has 134 valence electrons. The van der Waals surface area contributed by atoms with Gasteiger partial charge in [0.25, 0.3) is 5.56 Å². The molecule has 0 aliphatic rings. The van der Waals surface area contributed by atoms with Gasteiger partial charge in [-0.05, 0) is 12.5 Å². The standard InChI is InChI=1S/C16H14ClN5O2S2/c1-2-11(25-15-18-8-7-12(23)19-15)13(24)20-16-22-21-14(26-16)9-5-3-4-6-10(9)17/h3-8,11H,2H2,1H3,(H,18,19,23)(H,20,22,24). The summed E-state index contributed by atoms with van der Waals surface area (Å²) in [5.41, 5.74) is 0.505. The SMILES string of the molecule is CCC(Sc1nccc(=O)[nH]1)C(=O)Nc1nnc(-c2ccccc2Cl)s1. The summed E-state index contributed by atoms with van der Waals surface area (Å²) in [6.07, 6.45) is 1.97. The number of hydrogen-bond donors (Lipinski definition) is 2. The lowest BCUT2D eigenvalue weighted by atomic mass is 10.2. The predicted molar refractivity (Wildman–Crippen MR) is 104 cm³/mol. The smallest absolute Gasteiger partial charge is 0.251 e. The van der Waals surface area contributed by atoms with Crippen molar-refractivity contribution in [3.8, 4) is 10.6 Å². The summed E-state index contributed by atoms with van der Waals surface area (Å²) in [5, 5.41) is 12.4. The molecule has 1 aromatic carbocycles. The molecule has 3 aromatic rings. The molecule has 2 heterocycles. The lowest BCUT2D eigenvalue weighted by Gasteiger charge is -2.12. The normalized spacial score (nSPS) is 11.9. The second-order valence-electron chi connectivity index (χ2n) is 5.14. The Morgan fingerprint density at radius 1 is 1.35 bits per heavy atom. The number of nitrogens with zero attached hydrogens (tertiary/aromatic N) is 3. The van der Waals surface area contributed by atoms with E-state index < -0.39 is 5.25 Å². The van der Waals surface area contributed by atoms with Gasteiger partial charge in [0.05, 0.1) is 10.3 Å². The van der Waals surface area contributed by atoms with Crippen molar-refractivity contribution in [2.45, 2.75) is 23.8 Å². The molecule has 0 saturated carbocycles. The minimum absolute atomic E-state index is 0.231. The Bertz CT molecular complexity index is 975. The molecule has 0 fully saturated rings. The highest BCUT2D eigenvalue weighted by Crippen LogP contribution is 2.32. The number of nitrogens with one attached hydrogen (secondary N) is 2. The molecule has 10 heteroatoms. The van der Waals surface area contributed by atoms with Crippen LogP contribution in [0.1, 0.15) is 13.3 Å². The van der Waals surface area contributed by atoms with Crippen LogP contribution >= 0.6 is 34.7 Å². The number of hydrogen-bond acceptors (Lipinski definition) is 7. The Morgan fingerprint density at radius 3 is 2.88 bits per heavy atom. The average molecular weight is 408 g/mol. The molecule has 7 nitrogen and oxygen atoms in total. The number of aromatic amines is 1. The number of aromatic nitrogens is 4. The van der Waals surface area contributed by atoms with Crippen LogP contribution in [0.4, 0.5) is 5.13 Å². The number of anilines is 1. The van der Waals surface area contributed by atoms with Gasteiger partial charge in [0.15, 0.2) is 10.2 Å². The lowest BCUT2D eigenvalue weighted by Crippen LogP contribution is -2.25. The molecule has 2 aromatic heterocycles. The van der Waals surface area contributed by atoms with E-state index in [1.165, 1.54) is 35.4 Å². The molecule has 0 aliphatic carbocycles. The number of carbonyl (C=O) groups is 1. The highest BCUT2D eigenvalue weighted by molar-refractivity contribution is 8.00. The number of thioether (sulfide) groups is 1. The summed E-state index contributed by atoms with van der Waals surface area (Å²) in [6.45, 7) is 1.88. The third kappa shape index (κ3) is 4.48. The molecule has 1 amide bonds. The monoisotopic (exact) mass is 407 g/mol. The molecule has 1 atom stereocenters. The number of rotatable bonds is 6. The molecule has 26 heavy (non-hydrogen) atoms. The van der Waals surface area contributed by atoms with Gasteiger partial charge in [-0.2, -0.15) is 0 Å². The average Bonchev–Trinajstić information content (AvgIpc) is 3.08. The van der Waals surface area contributed by atoms with Crippen molar-refractivity contribution in [3.05, 3.63) is 51.9 Å². The molecule has 0 spiro atoms. The molecule has 0 bridgehead atoms. The van der Waals surface area contributed by atoms with Gasteiger partial charge in [0.2, 0.25) is 11.0 Å². The van der Waals surface area contributed by atoms with E-state index >= 15 is 0 Å². The summed E-state index contributed by atoms with van der Waals surface area (Å²) < 4.78 is 0. The second-order valence-corrected chi connectivity index (χ2v) is 7.71. The molecule has 0 saturated heterocycles. The summed E-state index contributed by atoms with van der Waals surface area (Å²) in [7, 11) is 0. The molecule has 0 radical (unpaired) electrons. The first kappa shape index (κ1) is 18.6. The van der Waals surface area contributed by atoms with E-state index in [0.29, 0.717) is 26.7 Å². The van der Waals surface area contributed by atoms with Gasteiger partial charge in [0.1, 0.15) is 0 Å². The van der Waals surface area contributed by atoms with Crippen molar-refractivity contribution in [1.82, 2.24) is 20.2 Å². The zero-order chi connectivity index (χ0) is 18.5. The number of amides is 1. The van der Waals surface area contributed by atoms with Gasteiger partial charge in [-0.3, -0.25) is 14.9 Å². The molecular formula is C16H14ClN5O2S2. The van der Waals surface area contributed by atoms with E-state index in [4.69, 9.17) is 11.6 Å². The largest absolute Gasteiger partial charge is 0.301 e. The Balaban J connectivity index is 1.71. The Morgan fingerprint density at radius 2 is 2.15 bits per heavy atom. The molecule has 2 N–H and O–H groups in total. The van der Waals surface area contributed by atoms with Crippen LogP contribution in [-0.4, -0.2) is 31.3 Å². The molecule has 3 rings (SSSR count). The molecule has 0 aliphatic heterocycles. The van der Waals surface area contributed by atoms with Crippen LogP contribution in [0.2, 0.25) is 5.02 Å². The Labute approximate surface area is 162 Å². The van der Waals surface area contributed by atoms with Crippen LogP contribution in [0.15, 0.2) is 46.5 Å². The Kier molecular flexibility index (Phi) is 6.02.